The summed E-state index contributed by atoms with van der Waals surface area (Å²) in [5.74, 6) is 0. The summed E-state index contributed by atoms with van der Waals surface area (Å²) in [6, 6.07) is 5.77. The van der Waals surface area contributed by atoms with Crippen LogP contribution in [0.1, 0.15) is 31.4 Å². The SMILES string of the molecule is C/C=C(\C=C/CC)c1ccc(N)c(C=N)c1. The third-order valence-corrected chi connectivity index (χ3v) is 2.42. The van der Waals surface area contributed by atoms with Crippen LogP contribution in [0.5, 0.6) is 0 Å². The minimum Gasteiger partial charge on any atom is -0.398 e. The highest BCUT2D eigenvalue weighted by Crippen LogP contribution is 2.20. The molecule has 0 aromatic heterocycles. The molecule has 0 aliphatic carbocycles. The molecule has 0 aliphatic heterocycles. The van der Waals surface area contributed by atoms with E-state index in [0.717, 1.165) is 23.1 Å². The Morgan fingerprint density at radius 2 is 2.19 bits per heavy atom. The Hall–Kier alpha value is -1.83. The highest BCUT2D eigenvalue weighted by molar-refractivity contribution is 5.88. The summed E-state index contributed by atoms with van der Waals surface area (Å²) in [5, 5.41) is 7.27. The van der Waals surface area contributed by atoms with Gasteiger partial charge in [0.1, 0.15) is 0 Å². The fourth-order valence-electron chi connectivity index (χ4n) is 1.48. The lowest BCUT2D eigenvalue weighted by Gasteiger charge is -2.05. The minimum absolute atomic E-state index is 0.647. The van der Waals surface area contributed by atoms with Gasteiger partial charge in [0.25, 0.3) is 0 Å². The van der Waals surface area contributed by atoms with Crippen LogP contribution in [0, 0.1) is 5.41 Å². The topological polar surface area (TPSA) is 49.9 Å². The molecule has 0 unspecified atom stereocenters. The van der Waals surface area contributed by atoms with Crippen LogP contribution >= 0.6 is 0 Å². The van der Waals surface area contributed by atoms with Gasteiger partial charge in [-0.05, 0) is 36.6 Å². The van der Waals surface area contributed by atoms with E-state index in [4.69, 9.17) is 11.1 Å². The first kappa shape index (κ1) is 12.2. The standard InChI is InChI=1S/C14H18N2/c1-3-5-6-11(4-2)12-7-8-14(16)13(9-12)10-15/h4-10,15H,3,16H2,1-2H3/b6-5-,11-4+,15-10?. The van der Waals surface area contributed by atoms with Gasteiger partial charge < -0.3 is 11.1 Å². The van der Waals surface area contributed by atoms with E-state index >= 15 is 0 Å². The van der Waals surface area contributed by atoms with Crippen molar-refractivity contribution in [1.82, 2.24) is 0 Å². The normalized spacial score (nSPS) is 12.0. The zero-order valence-corrected chi connectivity index (χ0v) is 9.83. The lowest BCUT2D eigenvalue weighted by atomic mass is 10.0. The van der Waals surface area contributed by atoms with Gasteiger partial charge in [0, 0.05) is 17.5 Å². The van der Waals surface area contributed by atoms with Gasteiger partial charge in [-0.25, -0.2) is 0 Å². The Bertz CT molecular complexity index is 428. The largest absolute Gasteiger partial charge is 0.398 e. The molecule has 0 heterocycles. The van der Waals surface area contributed by atoms with Crippen molar-refractivity contribution in [2.45, 2.75) is 20.3 Å². The molecule has 0 amide bonds. The summed E-state index contributed by atoms with van der Waals surface area (Å²) in [6.45, 7) is 4.12. The van der Waals surface area contributed by atoms with Crippen LogP contribution in [-0.4, -0.2) is 6.21 Å². The van der Waals surface area contributed by atoms with Crippen molar-refractivity contribution in [2.75, 3.05) is 5.73 Å². The number of anilines is 1. The summed E-state index contributed by atoms with van der Waals surface area (Å²) in [6.07, 6.45) is 8.58. The van der Waals surface area contributed by atoms with Crippen molar-refractivity contribution in [3.8, 4) is 0 Å². The van der Waals surface area contributed by atoms with Crippen LogP contribution in [0.4, 0.5) is 5.69 Å². The minimum atomic E-state index is 0.647. The number of nitrogens with two attached hydrogens (primary N) is 1. The van der Waals surface area contributed by atoms with Crippen molar-refractivity contribution in [3.05, 3.63) is 47.6 Å². The van der Waals surface area contributed by atoms with Gasteiger partial charge in [-0.2, -0.15) is 0 Å². The Morgan fingerprint density at radius 1 is 1.44 bits per heavy atom. The molecule has 0 saturated carbocycles. The number of hydrogen-bond donors (Lipinski definition) is 2. The van der Waals surface area contributed by atoms with Crippen molar-refractivity contribution < 1.29 is 0 Å². The van der Waals surface area contributed by atoms with Gasteiger partial charge >= 0.3 is 0 Å². The van der Waals surface area contributed by atoms with Crippen LogP contribution in [-0.2, 0) is 0 Å². The number of allylic oxidation sites excluding steroid dienone is 4. The van der Waals surface area contributed by atoms with Crippen molar-refractivity contribution in [3.63, 3.8) is 0 Å². The van der Waals surface area contributed by atoms with Gasteiger partial charge in [0.05, 0.1) is 0 Å². The molecule has 3 N–H and O–H groups in total. The van der Waals surface area contributed by atoms with Crippen molar-refractivity contribution >= 4 is 17.5 Å². The summed E-state index contributed by atoms with van der Waals surface area (Å²) in [4.78, 5) is 0. The van der Waals surface area contributed by atoms with Gasteiger partial charge in [0.2, 0.25) is 0 Å². The molecule has 0 bridgehead atoms. The maximum atomic E-state index is 7.27. The van der Waals surface area contributed by atoms with Crippen molar-refractivity contribution in [1.29, 1.82) is 5.41 Å². The molecule has 0 radical (unpaired) electrons. The molecule has 0 aliphatic rings. The lowest BCUT2D eigenvalue weighted by molar-refractivity contribution is 1.22. The summed E-state index contributed by atoms with van der Waals surface area (Å²) in [7, 11) is 0. The number of benzene rings is 1. The maximum Gasteiger partial charge on any atom is 0.0403 e. The van der Waals surface area contributed by atoms with Gasteiger partial charge in [-0.3, -0.25) is 0 Å². The molecule has 1 aromatic carbocycles. The van der Waals surface area contributed by atoms with E-state index in [0.29, 0.717) is 5.69 Å². The molecule has 1 aromatic rings. The molecule has 2 nitrogen and oxygen atoms in total. The van der Waals surface area contributed by atoms with Crippen LogP contribution in [0.3, 0.4) is 0 Å². The highest BCUT2D eigenvalue weighted by Gasteiger charge is 2.00. The molecule has 0 saturated heterocycles. The number of nitrogen functional groups attached to an aromatic ring is 1. The molecule has 0 spiro atoms. The average molecular weight is 214 g/mol. The first-order valence-electron chi connectivity index (χ1n) is 5.46. The fraction of sp³-hybridized carbons (Fsp3) is 0.214. The molecule has 84 valence electrons. The molecule has 16 heavy (non-hydrogen) atoms. The third-order valence-electron chi connectivity index (χ3n) is 2.42. The lowest BCUT2D eigenvalue weighted by Crippen LogP contribution is -1.94. The quantitative estimate of drug-likeness (QED) is 0.449. The van der Waals surface area contributed by atoms with E-state index < -0.39 is 0 Å². The predicted molar refractivity (Wildman–Crippen MR) is 71.8 cm³/mol. The average Bonchev–Trinajstić information content (AvgIpc) is 2.32. The first-order valence-corrected chi connectivity index (χ1v) is 5.46. The smallest absolute Gasteiger partial charge is 0.0403 e. The van der Waals surface area contributed by atoms with Crippen LogP contribution < -0.4 is 5.73 Å². The molecule has 1 rings (SSSR count). The maximum absolute atomic E-state index is 7.27. The zero-order valence-electron chi connectivity index (χ0n) is 9.83. The van der Waals surface area contributed by atoms with E-state index in [1.807, 2.05) is 25.1 Å². The third kappa shape index (κ3) is 2.83. The number of nitrogens with one attached hydrogen (secondary N) is 1. The van der Waals surface area contributed by atoms with Crippen LogP contribution in [0.15, 0.2) is 36.4 Å². The monoisotopic (exact) mass is 214 g/mol. The zero-order chi connectivity index (χ0) is 12.0. The van der Waals surface area contributed by atoms with Gasteiger partial charge in [0.15, 0.2) is 0 Å². The van der Waals surface area contributed by atoms with Crippen molar-refractivity contribution in [2.24, 2.45) is 0 Å². The number of rotatable bonds is 4. The molecular formula is C14H18N2. The Labute approximate surface area is 97.0 Å². The van der Waals surface area contributed by atoms with Gasteiger partial charge in [-0.1, -0.05) is 31.2 Å². The second kappa shape index (κ2) is 5.91. The van der Waals surface area contributed by atoms with E-state index in [9.17, 15) is 0 Å². The summed E-state index contributed by atoms with van der Waals surface area (Å²) >= 11 is 0. The fourth-order valence-corrected chi connectivity index (χ4v) is 1.48. The Kier molecular flexibility index (Phi) is 4.52. The molecular weight excluding hydrogens is 196 g/mol. The van der Waals surface area contributed by atoms with Crippen LogP contribution in [0.2, 0.25) is 0 Å². The molecule has 0 fully saturated rings. The predicted octanol–water partition coefficient (Wildman–Crippen LogP) is 3.64. The van der Waals surface area contributed by atoms with Gasteiger partial charge in [-0.15, -0.1) is 0 Å². The second-order valence-electron chi connectivity index (χ2n) is 3.54. The van der Waals surface area contributed by atoms with E-state index in [1.165, 1.54) is 6.21 Å². The summed E-state index contributed by atoms with van der Waals surface area (Å²) < 4.78 is 0. The van der Waals surface area contributed by atoms with E-state index in [2.05, 4.69) is 25.2 Å². The highest BCUT2D eigenvalue weighted by atomic mass is 14.6. The van der Waals surface area contributed by atoms with E-state index in [-0.39, 0.29) is 0 Å². The number of hydrogen-bond acceptors (Lipinski definition) is 2. The van der Waals surface area contributed by atoms with E-state index in [1.54, 1.807) is 0 Å². The Morgan fingerprint density at radius 3 is 2.75 bits per heavy atom. The molecule has 0 atom stereocenters. The molecule has 2 heteroatoms. The summed E-state index contributed by atoms with van der Waals surface area (Å²) in [5.41, 5.74) is 9.42. The van der Waals surface area contributed by atoms with Crippen LogP contribution in [0.25, 0.3) is 5.57 Å². The first-order chi connectivity index (χ1) is 7.72. The Balaban J connectivity index is 3.12. The second-order valence-corrected chi connectivity index (χ2v) is 3.54.